The summed E-state index contributed by atoms with van der Waals surface area (Å²) in [5.41, 5.74) is -0.721. The molecule has 90 valence electrons. The minimum atomic E-state index is -0.721. The zero-order valence-electron chi connectivity index (χ0n) is 9.05. The van der Waals surface area contributed by atoms with Crippen molar-refractivity contribution in [3.05, 3.63) is 0 Å². The molecule has 16 heavy (non-hydrogen) atoms. The molecule has 4 atom stereocenters. The van der Waals surface area contributed by atoms with Crippen molar-refractivity contribution in [2.45, 2.75) is 18.8 Å². The number of carbonyl (C=O) groups excluding carboxylic acids is 2. The molecule has 2 fully saturated rings. The highest BCUT2D eigenvalue weighted by Crippen LogP contribution is 2.42. The molecule has 2 aliphatic rings. The molecule has 0 unspecified atom stereocenters. The second kappa shape index (κ2) is 4.39. The third kappa shape index (κ3) is 1.58. The van der Waals surface area contributed by atoms with Crippen molar-refractivity contribution in [1.82, 2.24) is 5.32 Å². The zero-order chi connectivity index (χ0) is 11.6. The Hall–Kier alpha value is -1.14. The van der Waals surface area contributed by atoms with E-state index in [2.05, 4.69) is 12.2 Å². The van der Waals surface area contributed by atoms with Crippen LogP contribution in [0.4, 0.5) is 0 Å². The topological polar surface area (TPSA) is 73.9 Å². The molecule has 0 saturated carbocycles. The van der Waals surface area contributed by atoms with Gasteiger partial charge in [0.1, 0.15) is 6.61 Å². The van der Waals surface area contributed by atoms with Gasteiger partial charge in [-0.1, -0.05) is 6.92 Å². The van der Waals surface area contributed by atoms with Crippen molar-refractivity contribution >= 4 is 12.9 Å². The number of carbonyl (C=O) groups is 2. The predicted molar refractivity (Wildman–Crippen MR) is 52.3 cm³/mol. The van der Waals surface area contributed by atoms with E-state index < -0.39 is 11.8 Å². The Morgan fingerprint density at radius 2 is 2.31 bits per heavy atom. The minimum absolute atomic E-state index is 0.108. The van der Waals surface area contributed by atoms with Crippen molar-refractivity contribution in [1.29, 1.82) is 0 Å². The van der Waals surface area contributed by atoms with Gasteiger partial charge in [0, 0.05) is 12.5 Å². The Bertz CT molecular complexity index is 284. The fourth-order valence-corrected chi connectivity index (χ4v) is 2.65. The number of rotatable bonds is 5. The first-order valence-electron chi connectivity index (χ1n) is 5.26. The summed E-state index contributed by atoms with van der Waals surface area (Å²) in [5.74, 6) is 0.542. The Morgan fingerprint density at radius 3 is 3.00 bits per heavy atom. The molecule has 2 rings (SSSR count). The first kappa shape index (κ1) is 11.3. The van der Waals surface area contributed by atoms with Crippen LogP contribution in [0.2, 0.25) is 0 Å². The lowest BCUT2D eigenvalue weighted by Gasteiger charge is -2.31. The van der Waals surface area contributed by atoms with E-state index in [-0.39, 0.29) is 12.5 Å². The molecule has 0 aromatic heterocycles. The van der Waals surface area contributed by atoms with Gasteiger partial charge in [-0.25, -0.2) is 0 Å². The van der Waals surface area contributed by atoms with Gasteiger partial charge in [-0.2, -0.15) is 0 Å². The lowest BCUT2D eigenvalue weighted by Crippen LogP contribution is -2.50. The number of hydrogen-bond donors (Lipinski definition) is 1. The van der Waals surface area contributed by atoms with E-state index in [0.29, 0.717) is 32.0 Å². The molecular formula is C10H15NO5. The molecule has 0 aliphatic carbocycles. The second-order valence-electron chi connectivity index (χ2n) is 4.28. The Balaban J connectivity index is 2.17. The van der Waals surface area contributed by atoms with E-state index in [9.17, 15) is 9.59 Å². The fraction of sp³-hybridized carbons (Fsp3) is 0.800. The van der Waals surface area contributed by atoms with Gasteiger partial charge in [-0.15, -0.1) is 0 Å². The van der Waals surface area contributed by atoms with Crippen molar-refractivity contribution in [2.75, 3.05) is 19.8 Å². The molecule has 0 spiro atoms. The summed E-state index contributed by atoms with van der Waals surface area (Å²) < 4.78 is 15.5. The maximum Gasteiger partial charge on any atom is 0.294 e. The van der Waals surface area contributed by atoms with Crippen molar-refractivity contribution < 1.29 is 23.8 Å². The van der Waals surface area contributed by atoms with Crippen LogP contribution in [0.1, 0.15) is 6.92 Å². The van der Waals surface area contributed by atoms with Crippen molar-refractivity contribution in [3.63, 3.8) is 0 Å². The molecule has 1 N–H and O–H groups in total. The highest BCUT2D eigenvalue weighted by molar-refractivity contribution is 5.39. The normalized spacial score (nSPS) is 41.4. The maximum absolute atomic E-state index is 10.4. The summed E-state index contributed by atoms with van der Waals surface area (Å²) in [6.45, 7) is 4.23. The highest BCUT2D eigenvalue weighted by Gasteiger charge is 2.59. The Kier molecular flexibility index (Phi) is 3.11. The summed E-state index contributed by atoms with van der Waals surface area (Å²) in [4.78, 5) is 20.7. The van der Waals surface area contributed by atoms with Gasteiger partial charge in [0.15, 0.2) is 11.8 Å². The molecule has 2 saturated heterocycles. The molecule has 0 bridgehead atoms. The minimum Gasteiger partial charge on any atom is -0.465 e. The van der Waals surface area contributed by atoms with Crippen molar-refractivity contribution in [3.8, 4) is 0 Å². The lowest BCUT2D eigenvalue weighted by molar-refractivity contribution is -0.167. The third-order valence-electron chi connectivity index (χ3n) is 3.47. The van der Waals surface area contributed by atoms with Crippen LogP contribution >= 0.6 is 0 Å². The summed E-state index contributed by atoms with van der Waals surface area (Å²) in [7, 11) is 0. The van der Waals surface area contributed by atoms with Gasteiger partial charge in [-0.05, 0) is 5.92 Å². The smallest absolute Gasteiger partial charge is 0.294 e. The Morgan fingerprint density at radius 1 is 1.50 bits per heavy atom. The number of fused-ring (bicyclic) bond motifs is 1. The average Bonchev–Trinajstić information content (AvgIpc) is 2.78. The first-order valence-corrected chi connectivity index (χ1v) is 5.26. The van der Waals surface area contributed by atoms with Crippen LogP contribution in [0.3, 0.4) is 0 Å². The summed E-state index contributed by atoms with van der Waals surface area (Å²) in [6, 6.07) is 0. The molecule has 0 aromatic rings. The number of hydrogen-bond acceptors (Lipinski definition) is 6. The Labute approximate surface area is 93.2 Å². The van der Waals surface area contributed by atoms with Crippen LogP contribution in [0.5, 0.6) is 0 Å². The van der Waals surface area contributed by atoms with Crippen LogP contribution in [-0.4, -0.2) is 44.5 Å². The molecule has 2 aliphatic heterocycles. The van der Waals surface area contributed by atoms with Crippen LogP contribution < -0.4 is 5.32 Å². The monoisotopic (exact) mass is 229 g/mol. The fourth-order valence-electron chi connectivity index (χ4n) is 2.65. The molecular weight excluding hydrogens is 214 g/mol. The molecule has 0 amide bonds. The number of nitrogens with one attached hydrogen (secondary N) is 1. The quantitative estimate of drug-likeness (QED) is 0.627. The molecule has 0 aromatic carbocycles. The zero-order valence-corrected chi connectivity index (χ0v) is 9.05. The summed E-state index contributed by atoms with van der Waals surface area (Å²) in [6.07, 6.45) is -0.542. The summed E-state index contributed by atoms with van der Waals surface area (Å²) >= 11 is 0. The average molecular weight is 229 g/mol. The van der Waals surface area contributed by atoms with Gasteiger partial charge in [0.25, 0.3) is 12.9 Å². The number of ether oxygens (including phenoxy) is 3. The first-order chi connectivity index (χ1) is 7.74. The van der Waals surface area contributed by atoms with E-state index in [1.54, 1.807) is 0 Å². The highest BCUT2D eigenvalue weighted by atomic mass is 16.6. The summed E-state index contributed by atoms with van der Waals surface area (Å²) in [5, 5.41) is 3.07. The standard InChI is InChI=1S/C10H15NO5/c1-7-3-16-10(4-14-5-12)8(7)2-11-9(10)15-6-13/h5-9,11H,2-4H2,1H3/t7-,8+,9+,10-/m0/s1. The van der Waals surface area contributed by atoms with Gasteiger partial charge in [-0.3, -0.25) is 14.9 Å². The van der Waals surface area contributed by atoms with Crippen LogP contribution in [0, 0.1) is 11.8 Å². The van der Waals surface area contributed by atoms with Gasteiger partial charge >= 0.3 is 0 Å². The largest absolute Gasteiger partial charge is 0.465 e. The van der Waals surface area contributed by atoms with E-state index in [1.165, 1.54) is 0 Å². The lowest BCUT2D eigenvalue weighted by atomic mass is 9.84. The second-order valence-corrected chi connectivity index (χ2v) is 4.28. The van der Waals surface area contributed by atoms with E-state index >= 15 is 0 Å². The van der Waals surface area contributed by atoms with Crippen LogP contribution in [-0.2, 0) is 23.8 Å². The van der Waals surface area contributed by atoms with Gasteiger partial charge in [0.2, 0.25) is 0 Å². The molecule has 6 nitrogen and oxygen atoms in total. The van der Waals surface area contributed by atoms with E-state index in [0.717, 1.165) is 0 Å². The molecule has 6 heteroatoms. The van der Waals surface area contributed by atoms with Gasteiger partial charge in [0.05, 0.1) is 6.61 Å². The SMILES string of the molecule is C[C@H]1CO[C@]2(COC=O)[C@@H](OC=O)NC[C@H]12. The predicted octanol–water partition coefficient (Wildman–Crippen LogP) is -0.717. The van der Waals surface area contributed by atoms with Crippen LogP contribution in [0.15, 0.2) is 0 Å². The van der Waals surface area contributed by atoms with Gasteiger partial charge < -0.3 is 14.2 Å². The molecule has 2 heterocycles. The molecule has 0 radical (unpaired) electrons. The third-order valence-corrected chi connectivity index (χ3v) is 3.47. The van der Waals surface area contributed by atoms with Crippen LogP contribution in [0.25, 0.3) is 0 Å². The van der Waals surface area contributed by atoms with E-state index in [1.807, 2.05) is 0 Å². The van der Waals surface area contributed by atoms with E-state index in [4.69, 9.17) is 14.2 Å². The maximum atomic E-state index is 10.4. The van der Waals surface area contributed by atoms with Crippen molar-refractivity contribution in [2.24, 2.45) is 11.8 Å².